The van der Waals surface area contributed by atoms with Crippen molar-refractivity contribution in [1.29, 1.82) is 0 Å². The minimum atomic E-state index is -2.68. The van der Waals surface area contributed by atoms with Crippen LogP contribution in [0.15, 0.2) is 12.1 Å². The van der Waals surface area contributed by atoms with Gasteiger partial charge in [-0.2, -0.15) is 0 Å². The molecule has 0 amide bonds. The van der Waals surface area contributed by atoms with Crippen molar-refractivity contribution in [3.8, 4) is 0 Å². The predicted molar refractivity (Wildman–Crippen MR) is 60.3 cm³/mol. The Balaban J connectivity index is 3.27. The molecule has 0 bridgehead atoms. The van der Waals surface area contributed by atoms with Crippen molar-refractivity contribution in [2.24, 2.45) is 0 Å². The topological polar surface area (TPSA) is 0 Å². The zero-order chi connectivity index (χ0) is 10.0. The van der Waals surface area contributed by atoms with Gasteiger partial charge < -0.3 is 0 Å². The summed E-state index contributed by atoms with van der Waals surface area (Å²) in [5, 5.41) is 0. The molecule has 0 aliphatic heterocycles. The van der Waals surface area contributed by atoms with Crippen molar-refractivity contribution in [2.45, 2.75) is 20.3 Å². The molecular weight excluding hydrogens is 285 g/mol. The Bertz CT molecular complexity index is 308. The van der Waals surface area contributed by atoms with E-state index in [1.165, 1.54) is 4.93 Å². The van der Waals surface area contributed by atoms with Crippen LogP contribution >= 0.6 is 20.4 Å². The maximum atomic E-state index is 13.5. The van der Waals surface area contributed by atoms with E-state index < -0.39 is 20.4 Å². The van der Waals surface area contributed by atoms with Crippen LogP contribution in [-0.2, 0) is 6.42 Å². The molecule has 0 N–H and O–H groups in total. The van der Waals surface area contributed by atoms with Gasteiger partial charge in [0.15, 0.2) is 0 Å². The van der Waals surface area contributed by atoms with Crippen LogP contribution in [0.2, 0.25) is 0 Å². The summed E-state index contributed by atoms with van der Waals surface area (Å²) < 4.78 is 26.9. The molecule has 0 aromatic heterocycles. The van der Waals surface area contributed by atoms with Gasteiger partial charge in [-0.25, -0.2) is 0 Å². The summed E-state index contributed by atoms with van der Waals surface area (Å²) in [7, 11) is 0. The zero-order valence-corrected chi connectivity index (χ0v) is 10.2. The molecule has 0 unspecified atom stereocenters. The third-order valence-electron chi connectivity index (χ3n) is 1.91. The molecule has 0 nitrogen and oxygen atoms in total. The number of aryl methyl sites for hydroxylation is 2. The fourth-order valence-electron chi connectivity index (χ4n) is 1.24. The van der Waals surface area contributed by atoms with Gasteiger partial charge in [-0.05, 0) is 0 Å². The fraction of sp³-hybridized carbons (Fsp3) is 0.400. The molecule has 0 radical (unpaired) electrons. The first kappa shape index (κ1) is 10.9. The molecule has 0 spiro atoms. The Kier molecular flexibility index (Phi) is 3.64. The first-order valence-electron chi connectivity index (χ1n) is 4.11. The molecule has 1 rings (SSSR count). The molecule has 74 valence electrons. The summed E-state index contributed by atoms with van der Waals surface area (Å²) in [5.41, 5.74) is 1.59. The Labute approximate surface area is 85.5 Å². The van der Waals surface area contributed by atoms with Gasteiger partial charge in [-0.1, -0.05) is 0 Å². The van der Waals surface area contributed by atoms with Gasteiger partial charge in [-0.3, -0.25) is 0 Å². The van der Waals surface area contributed by atoms with Gasteiger partial charge in [0.05, 0.1) is 0 Å². The summed E-state index contributed by atoms with van der Waals surface area (Å²) >= 11 is -2.68. The van der Waals surface area contributed by atoms with E-state index in [0.717, 1.165) is 5.56 Å². The molecule has 13 heavy (non-hydrogen) atoms. The van der Waals surface area contributed by atoms with Gasteiger partial charge in [0.1, 0.15) is 0 Å². The first-order valence-corrected chi connectivity index (χ1v) is 8.17. The van der Waals surface area contributed by atoms with Gasteiger partial charge in [-0.15, -0.1) is 0 Å². The average molecular weight is 298 g/mol. The number of halogens is 3. The molecule has 0 heterocycles. The normalized spacial score (nSPS) is 11.6. The van der Waals surface area contributed by atoms with Crippen LogP contribution in [0.3, 0.4) is 0 Å². The summed E-state index contributed by atoms with van der Waals surface area (Å²) in [4.78, 5) is 1.52. The van der Waals surface area contributed by atoms with E-state index in [0.29, 0.717) is 15.6 Å². The predicted octanol–water partition coefficient (Wildman–Crippen LogP) is 3.89. The molecule has 0 saturated heterocycles. The summed E-state index contributed by atoms with van der Waals surface area (Å²) in [5.74, 6) is -0.316. The van der Waals surface area contributed by atoms with Crippen LogP contribution in [0.25, 0.3) is 0 Å². The molecule has 0 atom stereocenters. The van der Waals surface area contributed by atoms with E-state index >= 15 is 0 Å². The molecule has 0 saturated carbocycles. The zero-order valence-electron chi connectivity index (χ0n) is 8.00. The van der Waals surface area contributed by atoms with E-state index in [4.69, 9.17) is 0 Å². The second-order valence-electron chi connectivity index (χ2n) is 2.98. The third-order valence-corrected chi connectivity index (χ3v) is 4.30. The Hall–Kier alpha value is -0.190. The number of alkyl halides is 1. The van der Waals surface area contributed by atoms with Crippen molar-refractivity contribution in [1.82, 2.24) is 0 Å². The van der Waals surface area contributed by atoms with Crippen molar-refractivity contribution >= 4 is 20.4 Å². The van der Waals surface area contributed by atoms with E-state index in [-0.39, 0.29) is 5.82 Å². The number of hydrogen-bond acceptors (Lipinski definition) is 0. The molecule has 0 fully saturated rings. The monoisotopic (exact) mass is 298 g/mol. The van der Waals surface area contributed by atoms with Crippen LogP contribution in [0.5, 0.6) is 0 Å². The van der Waals surface area contributed by atoms with Gasteiger partial charge in [0.25, 0.3) is 0 Å². The minimum absolute atomic E-state index is 0.316. The molecule has 0 aliphatic carbocycles. The van der Waals surface area contributed by atoms with E-state index in [1.54, 1.807) is 12.1 Å². The van der Waals surface area contributed by atoms with Crippen molar-refractivity contribution in [2.75, 3.05) is 4.93 Å². The van der Waals surface area contributed by atoms with Crippen LogP contribution < -0.4 is 0 Å². The standard InChI is InChI=1S/C10H13F2I/c1-4-8-5-7(2)6-9(10(8)11)13(3)12/h5-6H,4H2,1-3H3. The van der Waals surface area contributed by atoms with Gasteiger partial charge in [0, 0.05) is 0 Å². The summed E-state index contributed by atoms with van der Waals surface area (Å²) in [6, 6.07) is 3.43. The van der Waals surface area contributed by atoms with Crippen LogP contribution in [0.4, 0.5) is 7.25 Å². The molecule has 1 aromatic rings. The Morgan fingerprint density at radius 1 is 1.38 bits per heavy atom. The second-order valence-corrected chi connectivity index (χ2v) is 6.44. The van der Waals surface area contributed by atoms with Crippen LogP contribution in [0, 0.1) is 16.3 Å². The molecule has 1 aromatic carbocycles. The Morgan fingerprint density at radius 3 is 2.46 bits per heavy atom. The van der Waals surface area contributed by atoms with E-state index in [2.05, 4.69) is 0 Å². The van der Waals surface area contributed by atoms with Crippen molar-refractivity contribution < 1.29 is 7.25 Å². The average Bonchev–Trinajstić information content (AvgIpc) is 2.08. The van der Waals surface area contributed by atoms with Crippen LogP contribution in [0.1, 0.15) is 18.1 Å². The van der Waals surface area contributed by atoms with E-state index in [1.807, 2.05) is 13.8 Å². The summed E-state index contributed by atoms with van der Waals surface area (Å²) in [6.45, 7) is 3.76. The fourth-order valence-corrected chi connectivity index (χ4v) is 3.16. The summed E-state index contributed by atoms with van der Waals surface area (Å²) in [6.07, 6.45) is 0.629. The quantitative estimate of drug-likeness (QED) is 0.574. The second kappa shape index (κ2) is 4.35. The van der Waals surface area contributed by atoms with Crippen molar-refractivity contribution in [3.05, 3.63) is 32.6 Å². The van der Waals surface area contributed by atoms with Gasteiger partial charge >= 0.3 is 85.5 Å². The van der Waals surface area contributed by atoms with Crippen LogP contribution in [-0.4, -0.2) is 4.93 Å². The number of benzene rings is 1. The maximum absolute atomic E-state index is 13.5. The SMILES string of the molecule is CCc1cc(C)cc(I(C)F)c1F. The number of rotatable bonds is 2. The molecule has 3 heteroatoms. The number of hydrogen-bond donors (Lipinski definition) is 0. The molecule has 0 aliphatic rings. The first-order chi connectivity index (χ1) is 6.06. The van der Waals surface area contributed by atoms with E-state index in [9.17, 15) is 7.25 Å². The Morgan fingerprint density at radius 2 is 2.00 bits per heavy atom. The van der Waals surface area contributed by atoms with Gasteiger partial charge in [0.2, 0.25) is 0 Å². The third kappa shape index (κ3) is 2.39. The molecular formula is C10H13F2I. The van der Waals surface area contributed by atoms with Crippen molar-refractivity contribution in [3.63, 3.8) is 0 Å².